The van der Waals surface area contributed by atoms with E-state index in [9.17, 15) is 4.79 Å². The fourth-order valence-electron chi connectivity index (χ4n) is 4.28. The van der Waals surface area contributed by atoms with Gasteiger partial charge in [0.1, 0.15) is 0 Å². The van der Waals surface area contributed by atoms with Gasteiger partial charge >= 0.3 is 0 Å². The number of ether oxygens (including phenoxy) is 1. The molecule has 1 amide bonds. The second-order valence-electron chi connectivity index (χ2n) is 6.99. The number of piperidine rings is 1. The molecule has 3 rings (SSSR count). The van der Waals surface area contributed by atoms with E-state index in [0.29, 0.717) is 24.1 Å². The van der Waals surface area contributed by atoms with E-state index in [1.165, 1.54) is 6.42 Å². The Morgan fingerprint density at radius 2 is 1.95 bits per heavy atom. The second kappa shape index (κ2) is 4.74. The van der Waals surface area contributed by atoms with Gasteiger partial charge in [-0.3, -0.25) is 4.79 Å². The summed E-state index contributed by atoms with van der Waals surface area (Å²) in [4.78, 5) is 13.3. The third-order valence-corrected chi connectivity index (χ3v) is 5.46. The van der Waals surface area contributed by atoms with Gasteiger partial charge < -0.3 is 15.0 Å². The number of likely N-dealkylation sites (tertiary alicyclic amines) is 1. The third-order valence-electron chi connectivity index (χ3n) is 5.46. The lowest BCUT2D eigenvalue weighted by atomic mass is 9.57. The first-order valence-corrected chi connectivity index (χ1v) is 7.63. The summed E-state index contributed by atoms with van der Waals surface area (Å²) in [5.41, 5.74) is 0.263. The quantitative estimate of drug-likeness (QED) is 0.821. The number of amides is 1. The molecule has 1 saturated carbocycles. The lowest BCUT2D eigenvalue weighted by Crippen LogP contribution is -2.68. The van der Waals surface area contributed by atoms with Crippen molar-refractivity contribution in [3.8, 4) is 0 Å². The molecule has 2 saturated heterocycles. The number of fused-ring (bicyclic) bond motifs is 1. The van der Waals surface area contributed by atoms with Crippen molar-refractivity contribution in [1.82, 2.24) is 10.2 Å². The number of nitrogens with one attached hydrogen (secondary N) is 1. The SMILES string of the molecule is CC(=O)N1CCC(NC2C3CCOC3C2(C)C)CC1. The second-order valence-corrected chi connectivity index (χ2v) is 6.99. The lowest BCUT2D eigenvalue weighted by molar-refractivity contribution is -0.131. The van der Waals surface area contributed by atoms with Crippen molar-refractivity contribution < 1.29 is 9.53 Å². The number of hydrogen-bond acceptors (Lipinski definition) is 3. The molecule has 0 aromatic heterocycles. The van der Waals surface area contributed by atoms with E-state index < -0.39 is 0 Å². The van der Waals surface area contributed by atoms with Crippen LogP contribution in [-0.2, 0) is 9.53 Å². The van der Waals surface area contributed by atoms with Crippen LogP contribution < -0.4 is 5.32 Å². The average molecular weight is 266 g/mol. The molecule has 0 bridgehead atoms. The molecule has 3 unspecified atom stereocenters. The minimum Gasteiger partial charge on any atom is -0.377 e. The van der Waals surface area contributed by atoms with Gasteiger partial charge in [0, 0.05) is 50.0 Å². The smallest absolute Gasteiger partial charge is 0.219 e. The summed E-state index contributed by atoms with van der Waals surface area (Å²) in [6, 6.07) is 1.16. The van der Waals surface area contributed by atoms with Gasteiger partial charge in [-0.1, -0.05) is 13.8 Å². The predicted octanol–water partition coefficient (Wildman–Crippen LogP) is 1.40. The number of carbonyl (C=O) groups is 1. The van der Waals surface area contributed by atoms with E-state index in [1.807, 2.05) is 4.90 Å². The zero-order valence-corrected chi connectivity index (χ0v) is 12.3. The Hall–Kier alpha value is -0.610. The van der Waals surface area contributed by atoms with Crippen LogP contribution in [0.4, 0.5) is 0 Å². The van der Waals surface area contributed by atoms with Crippen molar-refractivity contribution in [2.45, 2.75) is 58.2 Å². The standard InChI is InChI=1S/C15H26N2O2/c1-10(18)17-7-4-11(5-8-17)16-13-12-6-9-19-14(12)15(13,2)3/h11-14,16H,4-9H2,1-3H3. The van der Waals surface area contributed by atoms with Crippen molar-refractivity contribution in [3.63, 3.8) is 0 Å². The Morgan fingerprint density at radius 1 is 1.26 bits per heavy atom. The fourth-order valence-corrected chi connectivity index (χ4v) is 4.28. The molecule has 2 aliphatic heterocycles. The largest absolute Gasteiger partial charge is 0.377 e. The van der Waals surface area contributed by atoms with E-state index in [0.717, 1.165) is 32.5 Å². The summed E-state index contributed by atoms with van der Waals surface area (Å²) in [6.45, 7) is 9.06. The molecule has 0 aromatic rings. The lowest BCUT2D eigenvalue weighted by Gasteiger charge is -2.56. The highest BCUT2D eigenvalue weighted by molar-refractivity contribution is 5.73. The summed E-state index contributed by atoms with van der Waals surface area (Å²) >= 11 is 0. The fraction of sp³-hybridized carbons (Fsp3) is 0.933. The third kappa shape index (κ3) is 2.19. The average Bonchev–Trinajstić information content (AvgIpc) is 2.83. The van der Waals surface area contributed by atoms with Crippen molar-refractivity contribution in [2.24, 2.45) is 11.3 Å². The first-order chi connectivity index (χ1) is 9.00. The summed E-state index contributed by atoms with van der Waals surface area (Å²) in [7, 11) is 0. The highest BCUT2D eigenvalue weighted by Crippen LogP contribution is 2.52. The number of nitrogens with zero attached hydrogens (tertiary/aromatic N) is 1. The maximum absolute atomic E-state index is 11.3. The van der Waals surface area contributed by atoms with Crippen LogP contribution in [-0.4, -0.2) is 48.7 Å². The number of rotatable bonds is 2. The van der Waals surface area contributed by atoms with Crippen LogP contribution in [0.3, 0.4) is 0 Å². The topological polar surface area (TPSA) is 41.6 Å². The first-order valence-electron chi connectivity index (χ1n) is 7.63. The van der Waals surface area contributed by atoms with Gasteiger partial charge in [-0.05, 0) is 19.3 Å². The van der Waals surface area contributed by atoms with Crippen LogP contribution in [0.5, 0.6) is 0 Å². The van der Waals surface area contributed by atoms with E-state index in [2.05, 4.69) is 19.2 Å². The molecule has 108 valence electrons. The molecule has 4 heteroatoms. The van der Waals surface area contributed by atoms with Gasteiger partial charge in [0.2, 0.25) is 5.91 Å². The monoisotopic (exact) mass is 266 g/mol. The molecular formula is C15H26N2O2. The van der Waals surface area contributed by atoms with Crippen molar-refractivity contribution in [3.05, 3.63) is 0 Å². The van der Waals surface area contributed by atoms with E-state index in [-0.39, 0.29) is 11.3 Å². The Labute approximate surface area is 115 Å². The van der Waals surface area contributed by atoms with Crippen LogP contribution in [0.1, 0.15) is 40.0 Å². The maximum atomic E-state index is 11.3. The van der Waals surface area contributed by atoms with Gasteiger partial charge in [-0.25, -0.2) is 0 Å². The Morgan fingerprint density at radius 3 is 2.58 bits per heavy atom. The number of carbonyl (C=O) groups excluding carboxylic acids is 1. The Bertz CT molecular complexity index is 361. The van der Waals surface area contributed by atoms with E-state index in [1.54, 1.807) is 6.92 Å². The molecule has 19 heavy (non-hydrogen) atoms. The van der Waals surface area contributed by atoms with Crippen molar-refractivity contribution in [1.29, 1.82) is 0 Å². The molecule has 0 radical (unpaired) electrons. The molecule has 3 fully saturated rings. The molecule has 3 aliphatic rings. The van der Waals surface area contributed by atoms with Crippen LogP contribution >= 0.6 is 0 Å². The van der Waals surface area contributed by atoms with Crippen LogP contribution in [0.25, 0.3) is 0 Å². The van der Waals surface area contributed by atoms with Crippen molar-refractivity contribution >= 4 is 5.91 Å². The summed E-state index contributed by atoms with van der Waals surface area (Å²) in [5, 5.41) is 3.86. The number of hydrogen-bond donors (Lipinski definition) is 1. The first kappa shape index (κ1) is 13.4. The molecule has 2 heterocycles. The van der Waals surface area contributed by atoms with Gasteiger partial charge in [0.25, 0.3) is 0 Å². The predicted molar refractivity (Wildman–Crippen MR) is 73.8 cm³/mol. The summed E-state index contributed by atoms with van der Waals surface area (Å²) in [6.07, 6.45) is 3.84. The van der Waals surface area contributed by atoms with E-state index >= 15 is 0 Å². The zero-order chi connectivity index (χ0) is 13.6. The zero-order valence-electron chi connectivity index (χ0n) is 12.3. The van der Waals surface area contributed by atoms with Crippen molar-refractivity contribution in [2.75, 3.05) is 19.7 Å². The molecule has 1 aliphatic carbocycles. The Kier molecular flexibility index (Phi) is 3.34. The molecule has 0 aromatic carbocycles. The minimum atomic E-state index is 0.215. The molecule has 1 N–H and O–H groups in total. The molecular weight excluding hydrogens is 240 g/mol. The highest BCUT2D eigenvalue weighted by Gasteiger charge is 2.59. The van der Waals surface area contributed by atoms with Crippen LogP contribution in [0.2, 0.25) is 0 Å². The van der Waals surface area contributed by atoms with Crippen LogP contribution in [0.15, 0.2) is 0 Å². The minimum absolute atomic E-state index is 0.215. The summed E-state index contributed by atoms with van der Waals surface area (Å²) in [5.74, 6) is 0.924. The van der Waals surface area contributed by atoms with Gasteiger partial charge in [0.15, 0.2) is 0 Å². The van der Waals surface area contributed by atoms with E-state index in [4.69, 9.17) is 4.74 Å². The van der Waals surface area contributed by atoms with Gasteiger partial charge in [-0.2, -0.15) is 0 Å². The molecule has 4 nitrogen and oxygen atoms in total. The molecule has 0 spiro atoms. The highest BCUT2D eigenvalue weighted by atomic mass is 16.5. The molecule has 3 atom stereocenters. The normalized spacial score (nSPS) is 37.8. The van der Waals surface area contributed by atoms with Gasteiger partial charge in [-0.15, -0.1) is 0 Å². The van der Waals surface area contributed by atoms with Crippen LogP contribution in [0, 0.1) is 11.3 Å². The Balaban J connectivity index is 1.54. The summed E-state index contributed by atoms with van der Waals surface area (Å²) < 4.78 is 5.84. The van der Waals surface area contributed by atoms with Gasteiger partial charge in [0.05, 0.1) is 6.10 Å². The maximum Gasteiger partial charge on any atom is 0.219 e.